The first-order chi connectivity index (χ1) is 12.5. The van der Waals surface area contributed by atoms with Gasteiger partial charge in [-0.25, -0.2) is 9.78 Å². The van der Waals surface area contributed by atoms with Crippen LogP contribution in [0.3, 0.4) is 0 Å². The molecule has 0 unspecified atom stereocenters. The van der Waals surface area contributed by atoms with E-state index in [1.807, 2.05) is 5.38 Å². The number of thiophene rings is 1. The molecule has 2 aromatic heterocycles. The van der Waals surface area contributed by atoms with Gasteiger partial charge in [0, 0.05) is 29.5 Å². The van der Waals surface area contributed by atoms with Crippen LogP contribution in [0.4, 0.5) is 5.69 Å². The zero-order chi connectivity index (χ0) is 18.4. The molecule has 0 spiro atoms. The lowest BCUT2D eigenvalue weighted by atomic mass is 10.1. The predicted octanol–water partition coefficient (Wildman–Crippen LogP) is 2.69. The van der Waals surface area contributed by atoms with Crippen LogP contribution in [0.1, 0.15) is 18.3 Å². The number of methoxy groups -OCH3 is 1. The fraction of sp³-hybridized carbons (Fsp3) is 0.235. The molecule has 0 saturated heterocycles. The Hall–Kier alpha value is -3.07. The van der Waals surface area contributed by atoms with Gasteiger partial charge in [-0.2, -0.15) is 0 Å². The van der Waals surface area contributed by atoms with Gasteiger partial charge in [-0.3, -0.25) is 19.5 Å². The molecule has 26 heavy (non-hydrogen) atoms. The minimum absolute atomic E-state index is 0.0187. The van der Waals surface area contributed by atoms with Crippen LogP contribution in [-0.4, -0.2) is 27.6 Å². The van der Waals surface area contributed by atoms with Gasteiger partial charge in [0.1, 0.15) is 16.7 Å². The highest BCUT2D eigenvalue weighted by Crippen LogP contribution is 2.34. The number of fused-ring (bicyclic) bond motifs is 2. The normalized spacial score (nSPS) is 15.8. The zero-order valence-corrected chi connectivity index (χ0v) is 14.5. The number of nitro benzene ring substituents is 1. The minimum Gasteiger partial charge on any atom is -0.467 e. The summed E-state index contributed by atoms with van der Waals surface area (Å²) >= 11 is 1.34. The van der Waals surface area contributed by atoms with Crippen molar-refractivity contribution < 1.29 is 14.5 Å². The number of esters is 1. The summed E-state index contributed by atoms with van der Waals surface area (Å²) in [6.45, 7) is 0. The van der Waals surface area contributed by atoms with E-state index in [1.165, 1.54) is 35.1 Å². The number of nitrogens with zero attached hydrogens (tertiary/aromatic N) is 3. The van der Waals surface area contributed by atoms with Crippen LogP contribution in [0.5, 0.6) is 0 Å². The Kier molecular flexibility index (Phi) is 3.80. The van der Waals surface area contributed by atoms with E-state index in [0.29, 0.717) is 40.0 Å². The Morgan fingerprint density at radius 1 is 1.38 bits per heavy atom. The molecule has 0 saturated carbocycles. The van der Waals surface area contributed by atoms with Crippen LogP contribution in [0.25, 0.3) is 21.3 Å². The molecule has 8 nitrogen and oxygen atoms in total. The van der Waals surface area contributed by atoms with Gasteiger partial charge in [0.2, 0.25) is 0 Å². The largest absolute Gasteiger partial charge is 0.467 e. The molecule has 0 radical (unpaired) electrons. The monoisotopic (exact) mass is 371 g/mol. The molecular formula is C17H13N3O5S. The summed E-state index contributed by atoms with van der Waals surface area (Å²) in [6, 6.07) is 5.34. The van der Waals surface area contributed by atoms with Crippen LogP contribution in [0.2, 0.25) is 0 Å². The van der Waals surface area contributed by atoms with Crippen molar-refractivity contribution in [1.29, 1.82) is 0 Å². The first-order valence-corrected chi connectivity index (χ1v) is 8.74. The maximum Gasteiger partial charge on any atom is 0.329 e. The number of ether oxygens (including phenoxy) is 1. The average molecular weight is 371 g/mol. The van der Waals surface area contributed by atoms with Gasteiger partial charge in [0.25, 0.3) is 11.2 Å². The fourth-order valence-electron chi connectivity index (χ4n) is 3.27. The lowest BCUT2D eigenvalue weighted by Gasteiger charge is -2.12. The van der Waals surface area contributed by atoms with Crippen molar-refractivity contribution in [2.24, 2.45) is 0 Å². The molecule has 0 fully saturated rings. The van der Waals surface area contributed by atoms with Gasteiger partial charge in [0.15, 0.2) is 0 Å². The summed E-state index contributed by atoms with van der Waals surface area (Å²) in [6.07, 6.45) is 1.02. The smallest absolute Gasteiger partial charge is 0.329 e. The molecule has 132 valence electrons. The third-order valence-electron chi connectivity index (χ3n) is 4.53. The summed E-state index contributed by atoms with van der Waals surface area (Å²) in [7, 11) is 1.30. The average Bonchev–Trinajstić information content (AvgIpc) is 3.26. The number of rotatable bonds is 3. The molecule has 0 N–H and O–H groups in total. The van der Waals surface area contributed by atoms with Crippen LogP contribution >= 0.6 is 11.3 Å². The summed E-state index contributed by atoms with van der Waals surface area (Å²) in [5.74, 6) is 0.120. The first kappa shape index (κ1) is 16.4. The highest BCUT2D eigenvalue weighted by molar-refractivity contribution is 7.17. The van der Waals surface area contributed by atoms with E-state index in [-0.39, 0.29) is 11.2 Å². The molecule has 3 aromatic rings. The third-order valence-corrected chi connectivity index (χ3v) is 5.40. The number of aryl methyl sites for hydroxylation is 1. The highest BCUT2D eigenvalue weighted by Gasteiger charge is 2.32. The number of aromatic nitrogens is 2. The zero-order valence-electron chi connectivity index (χ0n) is 13.7. The quantitative estimate of drug-likeness (QED) is 0.398. The number of hydrogen-bond acceptors (Lipinski definition) is 7. The molecule has 0 aliphatic carbocycles. The summed E-state index contributed by atoms with van der Waals surface area (Å²) in [5.41, 5.74) is 1.04. The molecule has 0 bridgehead atoms. The lowest BCUT2D eigenvalue weighted by molar-refractivity contribution is -0.384. The molecule has 1 atom stereocenters. The van der Waals surface area contributed by atoms with Crippen LogP contribution in [0.15, 0.2) is 34.4 Å². The van der Waals surface area contributed by atoms with Crippen LogP contribution in [-0.2, 0) is 16.0 Å². The maximum absolute atomic E-state index is 13.1. The summed E-state index contributed by atoms with van der Waals surface area (Å²) in [5, 5.41) is 13.1. The molecule has 1 aliphatic heterocycles. The Bertz CT molecular complexity index is 1100. The molecule has 3 heterocycles. The van der Waals surface area contributed by atoms with Gasteiger partial charge < -0.3 is 4.74 Å². The van der Waals surface area contributed by atoms with Crippen molar-refractivity contribution in [1.82, 2.24) is 9.55 Å². The van der Waals surface area contributed by atoms with Crippen molar-refractivity contribution in [3.8, 4) is 11.1 Å². The number of non-ortho nitro benzene ring substituents is 1. The third kappa shape index (κ3) is 2.39. The second kappa shape index (κ2) is 6.03. The SMILES string of the molecule is COC(=O)[C@@H]1CCc2nc3scc(-c4ccc([N+](=O)[O-])cc4)c3c(=O)n21. The Morgan fingerprint density at radius 2 is 2.12 bits per heavy atom. The summed E-state index contributed by atoms with van der Waals surface area (Å²) in [4.78, 5) is 40.6. The number of nitro groups is 1. The van der Waals surface area contributed by atoms with Crippen molar-refractivity contribution in [3.63, 3.8) is 0 Å². The molecule has 1 aliphatic rings. The van der Waals surface area contributed by atoms with E-state index < -0.39 is 16.9 Å². The van der Waals surface area contributed by atoms with Crippen molar-refractivity contribution in [2.75, 3.05) is 7.11 Å². The minimum atomic E-state index is -0.663. The van der Waals surface area contributed by atoms with E-state index in [2.05, 4.69) is 4.98 Å². The standard InChI is InChI=1S/C17H13N3O5S/c1-25-17(22)12-6-7-13-18-15-14(16(21)19(12)13)11(8-26-15)9-2-4-10(5-3-9)20(23)24/h2-5,8,12H,6-7H2,1H3/t12-/m0/s1. The molecular weight excluding hydrogens is 358 g/mol. The number of hydrogen-bond donors (Lipinski definition) is 0. The predicted molar refractivity (Wildman–Crippen MR) is 95.3 cm³/mol. The fourth-order valence-corrected chi connectivity index (χ4v) is 4.23. The molecule has 4 rings (SSSR count). The number of carbonyl (C=O) groups excluding carboxylic acids is 1. The molecule has 0 amide bonds. The van der Waals surface area contributed by atoms with E-state index >= 15 is 0 Å². The number of carbonyl (C=O) groups is 1. The first-order valence-electron chi connectivity index (χ1n) is 7.86. The molecule has 9 heteroatoms. The van der Waals surface area contributed by atoms with E-state index in [9.17, 15) is 19.7 Å². The van der Waals surface area contributed by atoms with Crippen molar-refractivity contribution >= 4 is 33.2 Å². The van der Waals surface area contributed by atoms with Crippen LogP contribution in [0, 0.1) is 10.1 Å². The van der Waals surface area contributed by atoms with Crippen LogP contribution < -0.4 is 5.56 Å². The molecule has 1 aromatic carbocycles. The van der Waals surface area contributed by atoms with E-state index in [4.69, 9.17) is 4.74 Å². The van der Waals surface area contributed by atoms with Crippen molar-refractivity contribution in [2.45, 2.75) is 18.9 Å². The van der Waals surface area contributed by atoms with Gasteiger partial charge in [-0.15, -0.1) is 11.3 Å². The topological polar surface area (TPSA) is 104 Å². The van der Waals surface area contributed by atoms with Crippen molar-refractivity contribution in [3.05, 3.63) is 55.9 Å². The Morgan fingerprint density at radius 3 is 2.77 bits per heavy atom. The van der Waals surface area contributed by atoms with Gasteiger partial charge >= 0.3 is 5.97 Å². The Balaban J connectivity index is 1.90. The Labute approximate surface area is 150 Å². The lowest BCUT2D eigenvalue weighted by Crippen LogP contribution is -2.29. The summed E-state index contributed by atoms with van der Waals surface area (Å²) < 4.78 is 6.21. The van der Waals surface area contributed by atoms with E-state index in [0.717, 1.165) is 0 Å². The second-order valence-corrected chi connectivity index (χ2v) is 6.77. The maximum atomic E-state index is 13.1. The second-order valence-electron chi connectivity index (χ2n) is 5.91. The van der Waals surface area contributed by atoms with Gasteiger partial charge in [-0.1, -0.05) is 0 Å². The number of benzene rings is 1. The van der Waals surface area contributed by atoms with Gasteiger partial charge in [-0.05, 0) is 24.1 Å². The van der Waals surface area contributed by atoms with E-state index in [1.54, 1.807) is 12.1 Å². The highest BCUT2D eigenvalue weighted by atomic mass is 32.1. The van der Waals surface area contributed by atoms with Gasteiger partial charge in [0.05, 0.1) is 17.4 Å².